The summed E-state index contributed by atoms with van der Waals surface area (Å²) in [5.41, 5.74) is 0. The van der Waals surface area contributed by atoms with Crippen LogP contribution in [0.2, 0.25) is 0 Å². The van der Waals surface area contributed by atoms with Crippen molar-refractivity contribution in [2.75, 3.05) is 0 Å². The first kappa shape index (κ1) is 16.2. The molecule has 0 atom stereocenters. The van der Waals surface area contributed by atoms with E-state index >= 15 is 0 Å². The van der Waals surface area contributed by atoms with E-state index < -0.39 is 0 Å². The Labute approximate surface area is 66.1 Å². The van der Waals surface area contributed by atoms with Crippen molar-refractivity contribution < 1.29 is 0 Å². The summed E-state index contributed by atoms with van der Waals surface area (Å²) in [6.45, 7) is 12.1. The second-order valence-electron chi connectivity index (χ2n) is 2.03. The van der Waals surface area contributed by atoms with Crippen molar-refractivity contribution in [3.8, 4) is 6.07 Å². The Morgan fingerprint density at radius 2 is 1.40 bits per heavy atom. The minimum atomic E-state index is 0.884. The largest absolute Gasteiger partial charge is 0.199 e. The maximum Gasteiger partial charge on any atom is 0.0587 e. The van der Waals surface area contributed by atoms with E-state index in [1.54, 1.807) is 6.07 Å². The van der Waals surface area contributed by atoms with Gasteiger partial charge in [-0.1, -0.05) is 41.0 Å². The van der Waals surface area contributed by atoms with E-state index in [4.69, 9.17) is 5.26 Å². The van der Waals surface area contributed by atoms with E-state index in [0.29, 0.717) is 0 Å². The van der Waals surface area contributed by atoms with Crippen molar-refractivity contribution in [2.45, 2.75) is 48.0 Å². The summed E-state index contributed by atoms with van der Waals surface area (Å²) in [7, 11) is 0. The summed E-state index contributed by atoms with van der Waals surface area (Å²) in [4.78, 5) is 0. The Bertz CT molecular complexity index is 59.6. The van der Waals surface area contributed by atoms with Crippen LogP contribution in [-0.2, 0) is 0 Å². The van der Waals surface area contributed by atoms with Crippen molar-refractivity contribution in [1.29, 1.82) is 5.26 Å². The van der Waals surface area contributed by atoms with Crippen LogP contribution in [0, 0.1) is 17.2 Å². The van der Waals surface area contributed by atoms with Crippen LogP contribution in [-0.4, -0.2) is 0 Å². The molecule has 0 aliphatic rings. The average molecular weight is 143 g/mol. The first-order valence-electron chi connectivity index (χ1n) is 3.99. The smallest absolute Gasteiger partial charge is 0.0587 e. The molecule has 0 heterocycles. The van der Waals surface area contributed by atoms with Crippen molar-refractivity contribution in [3.05, 3.63) is 0 Å². The first-order chi connectivity index (χ1) is 4.68. The minimum Gasteiger partial charge on any atom is -0.199 e. The normalized spacial score (nSPS) is 6.20. The lowest BCUT2D eigenvalue weighted by molar-refractivity contribution is 0.626. The van der Waals surface area contributed by atoms with Crippen LogP contribution in [0.3, 0.4) is 0 Å². The number of hydrogen-bond acceptors (Lipinski definition) is 1. The predicted molar refractivity (Wildman–Crippen MR) is 47.8 cm³/mol. The summed E-state index contributed by atoms with van der Waals surface area (Å²) in [5, 5.41) is 7.32. The minimum absolute atomic E-state index is 0.884. The van der Waals surface area contributed by atoms with Crippen molar-refractivity contribution >= 4 is 0 Å². The standard InChI is InChI=1S/C5H12.C2H3N.C2H6/c1-4-5(2)3;1-2-3;1-2/h5H,4H2,1-3H3;1H3;1-2H3. The first-order valence-corrected chi connectivity index (χ1v) is 3.99. The molecule has 10 heavy (non-hydrogen) atoms. The third kappa shape index (κ3) is 142. The molecule has 0 radical (unpaired) electrons. The molecule has 0 aliphatic carbocycles. The van der Waals surface area contributed by atoms with Gasteiger partial charge in [0, 0.05) is 6.92 Å². The van der Waals surface area contributed by atoms with Crippen LogP contribution in [0.15, 0.2) is 0 Å². The average Bonchev–Trinajstić information content (AvgIpc) is 1.94. The molecule has 0 spiro atoms. The maximum absolute atomic E-state index is 7.32. The molecule has 0 rings (SSSR count). The molecule has 0 aliphatic heterocycles. The van der Waals surface area contributed by atoms with E-state index in [1.165, 1.54) is 13.3 Å². The fourth-order valence-corrected chi connectivity index (χ4v) is 0. The number of hydrogen-bond donors (Lipinski definition) is 0. The Balaban J connectivity index is -0.0000000847. The zero-order valence-electron chi connectivity index (χ0n) is 8.23. The van der Waals surface area contributed by atoms with E-state index in [0.717, 1.165) is 5.92 Å². The third-order valence-electron chi connectivity index (χ3n) is 0.816. The number of nitrogens with zero attached hydrogens (tertiary/aromatic N) is 1. The monoisotopic (exact) mass is 143 g/mol. The molecule has 1 heteroatoms. The zero-order valence-corrected chi connectivity index (χ0v) is 8.23. The van der Waals surface area contributed by atoms with Crippen LogP contribution in [0.1, 0.15) is 48.0 Å². The summed E-state index contributed by atoms with van der Waals surface area (Å²) in [5.74, 6) is 0.884. The van der Waals surface area contributed by atoms with Gasteiger partial charge < -0.3 is 0 Å². The lowest BCUT2D eigenvalue weighted by atomic mass is 10.2. The highest BCUT2D eigenvalue weighted by molar-refractivity contribution is 4.51. The van der Waals surface area contributed by atoms with Gasteiger partial charge in [0.2, 0.25) is 0 Å². The molecule has 0 saturated carbocycles. The van der Waals surface area contributed by atoms with E-state index in [-0.39, 0.29) is 0 Å². The van der Waals surface area contributed by atoms with Gasteiger partial charge in [0.05, 0.1) is 6.07 Å². The summed E-state index contributed by atoms with van der Waals surface area (Å²) in [6, 6.07) is 1.75. The fraction of sp³-hybridized carbons (Fsp3) is 0.889. The molecule has 0 fully saturated rings. The van der Waals surface area contributed by atoms with Crippen LogP contribution in [0.4, 0.5) is 0 Å². The van der Waals surface area contributed by atoms with Gasteiger partial charge in [0.1, 0.15) is 0 Å². The highest BCUT2D eigenvalue weighted by atomic mass is 14.2. The molecule has 62 valence electrons. The van der Waals surface area contributed by atoms with Crippen molar-refractivity contribution in [3.63, 3.8) is 0 Å². The Hall–Kier alpha value is -0.510. The molecule has 0 aromatic rings. The molecule has 0 N–H and O–H groups in total. The molecule has 0 unspecified atom stereocenters. The molecule has 0 saturated heterocycles. The van der Waals surface area contributed by atoms with Gasteiger partial charge in [-0.2, -0.15) is 5.26 Å². The number of rotatable bonds is 1. The second-order valence-corrected chi connectivity index (χ2v) is 2.03. The Kier molecular flexibility index (Phi) is 38.4. The zero-order chi connectivity index (χ0) is 8.99. The van der Waals surface area contributed by atoms with E-state index in [9.17, 15) is 0 Å². The Morgan fingerprint density at radius 3 is 1.40 bits per heavy atom. The van der Waals surface area contributed by atoms with Gasteiger partial charge >= 0.3 is 0 Å². The molecule has 0 bridgehead atoms. The lowest BCUT2D eigenvalue weighted by Gasteiger charge is -1.90. The predicted octanol–water partition coefficient (Wildman–Crippen LogP) is 3.61. The van der Waals surface area contributed by atoms with Crippen LogP contribution in [0.5, 0.6) is 0 Å². The summed E-state index contributed by atoms with van der Waals surface area (Å²) >= 11 is 0. The Morgan fingerprint density at radius 1 is 1.30 bits per heavy atom. The topological polar surface area (TPSA) is 23.8 Å². The van der Waals surface area contributed by atoms with Gasteiger partial charge in [0.25, 0.3) is 0 Å². The quantitative estimate of drug-likeness (QED) is 0.550. The molecule has 1 nitrogen and oxygen atoms in total. The third-order valence-corrected chi connectivity index (χ3v) is 0.816. The van der Waals surface area contributed by atoms with Crippen LogP contribution in [0.25, 0.3) is 0 Å². The van der Waals surface area contributed by atoms with Crippen LogP contribution < -0.4 is 0 Å². The van der Waals surface area contributed by atoms with Gasteiger partial charge in [-0.3, -0.25) is 0 Å². The molecule has 0 aromatic heterocycles. The van der Waals surface area contributed by atoms with Crippen LogP contribution >= 0.6 is 0 Å². The fourth-order valence-electron chi connectivity index (χ4n) is 0. The lowest BCUT2D eigenvalue weighted by Crippen LogP contribution is -1.77. The molecular formula is C9H21N. The molecule has 0 aromatic carbocycles. The van der Waals surface area contributed by atoms with Gasteiger partial charge in [-0.05, 0) is 5.92 Å². The van der Waals surface area contributed by atoms with Gasteiger partial charge in [0.15, 0.2) is 0 Å². The highest BCUT2D eigenvalue weighted by Crippen LogP contribution is 1.93. The van der Waals surface area contributed by atoms with E-state index in [2.05, 4.69) is 20.8 Å². The summed E-state index contributed by atoms with van der Waals surface area (Å²) < 4.78 is 0. The molecular weight excluding hydrogens is 122 g/mol. The van der Waals surface area contributed by atoms with Gasteiger partial charge in [-0.25, -0.2) is 0 Å². The van der Waals surface area contributed by atoms with Crippen molar-refractivity contribution in [1.82, 2.24) is 0 Å². The maximum atomic E-state index is 7.32. The van der Waals surface area contributed by atoms with Gasteiger partial charge in [-0.15, -0.1) is 0 Å². The number of nitriles is 1. The molecule has 0 amide bonds. The SMILES string of the molecule is CC.CC#N.CCC(C)C. The van der Waals surface area contributed by atoms with Crippen molar-refractivity contribution in [2.24, 2.45) is 5.92 Å². The van der Waals surface area contributed by atoms with E-state index in [1.807, 2.05) is 13.8 Å². The second kappa shape index (κ2) is 23.6. The summed E-state index contributed by atoms with van der Waals surface area (Å²) in [6.07, 6.45) is 1.31. The highest BCUT2D eigenvalue weighted by Gasteiger charge is 1.80.